The second-order valence-electron chi connectivity index (χ2n) is 2.58. The Bertz CT molecular complexity index is 53.3. The third-order valence-corrected chi connectivity index (χ3v) is 49.7. The molecule has 0 unspecified atom stereocenters. The maximum absolute atomic E-state index is 3.51. The molecule has 76 valence electrons. The summed E-state index contributed by atoms with van der Waals surface area (Å²) in [6, 6.07) is 0. The van der Waals surface area contributed by atoms with Crippen LogP contribution in [0.25, 0.3) is 0 Å². The Kier molecular flexibility index (Phi) is 21.4. The molecule has 1 N–H and O–H groups in total. The number of nitrogens with zero attached hydrogens (tertiary/aromatic N) is 1. The molecule has 0 aromatic heterocycles. The highest BCUT2D eigenvalue weighted by Crippen LogP contribution is 1.65. The van der Waals surface area contributed by atoms with Crippen LogP contribution in [0.4, 0.5) is 0 Å². The molecule has 12 heavy (non-hydrogen) atoms. The summed E-state index contributed by atoms with van der Waals surface area (Å²) in [5.41, 5.74) is 0. The first-order valence-corrected chi connectivity index (χ1v) is 36.8. The fourth-order valence-corrected chi connectivity index (χ4v) is 74.6. The van der Waals surface area contributed by atoms with Crippen LogP contribution < -0.4 is 4.65 Å². The molecule has 2 nitrogen and oxygen atoms in total. The van der Waals surface area contributed by atoms with Crippen LogP contribution in [0.2, 0.25) is 0 Å². The lowest BCUT2D eigenvalue weighted by molar-refractivity contribution is 1.15. The standard InChI is InChI=1S/H15NSi6.H11NSi4/c2-5-1(6-3)7-4;2-4-1-5-3/h5-7H2,2-4H3;1H,4-5H2,2-3H3. The zero-order chi connectivity index (χ0) is 9.82. The summed E-state index contributed by atoms with van der Waals surface area (Å²) >= 11 is 0. The summed E-state index contributed by atoms with van der Waals surface area (Å²) in [7, 11) is 9.96. The number of hydrogen-bond acceptors (Lipinski definition) is 2. The van der Waals surface area contributed by atoms with Crippen molar-refractivity contribution in [1.82, 2.24) is 8.54 Å². The normalized spacial score (nSPS) is 15.8. The smallest absolute Gasteiger partial charge is 0.0643 e. The van der Waals surface area contributed by atoms with Crippen LogP contribution in [-0.4, -0.2) is 98.7 Å². The van der Waals surface area contributed by atoms with Gasteiger partial charge in [0.05, 0.1) is 46.0 Å². The van der Waals surface area contributed by atoms with Crippen molar-refractivity contribution >= 4 is 94.8 Å². The Morgan fingerprint density at radius 1 is 0.750 bits per heavy atom. The van der Waals surface area contributed by atoms with E-state index in [9.17, 15) is 0 Å². The average molecular weight is 335 g/mol. The van der Waals surface area contributed by atoms with Crippen molar-refractivity contribution in [3.63, 3.8) is 0 Å². The average Bonchev–Trinajstić information content (AvgIpc) is 2.10. The third-order valence-electron chi connectivity index (χ3n) is 1.84. The largest absolute Gasteiger partial charge is 0.390 e. The topological polar surface area (TPSA) is 15.3 Å². The summed E-state index contributed by atoms with van der Waals surface area (Å²) < 4.78 is 6.49. The van der Waals surface area contributed by atoms with E-state index >= 15 is 0 Å². The van der Waals surface area contributed by atoms with E-state index in [1.165, 1.54) is 19.5 Å². The molecule has 0 saturated heterocycles. The molecule has 0 aromatic rings. The van der Waals surface area contributed by atoms with Gasteiger partial charge in [0.25, 0.3) is 0 Å². The Balaban J connectivity index is 0. The minimum absolute atomic E-state index is 0.399. The first-order chi connectivity index (χ1) is 5.76. The molecule has 0 atom stereocenters. The summed E-state index contributed by atoms with van der Waals surface area (Å²) in [5.74, 6) is 0. The van der Waals surface area contributed by atoms with Gasteiger partial charge >= 0.3 is 0 Å². The van der Waals surface area contributed by atoms with Gasteiger partial charge in [-0.3, -0.25) is 0 Å². The second kappa shape index (κ2) is 15.6. The molecular formula is H26N2Si10. The molecule has 0 fully saturated rings. The van der Waals surface area contributed by atoms with E-state index < -0.39 is 0 Å². The van der Waals surface area contributed by atoms with Gasteiger partial charge in [0, 0.05) is 48.8 Å². The van der Waals surface area contributed by atoms with Crippen LogP contribution >= 0.6 is 0 Å². The lowest BCUT2D eigenvalue weighted by Crippen LogP contribution is -2.36. The van der Waals surface area contributed by atoms with Crippen LogP contribution in [0.1, 0.15) is 0 Å². The summed E-state index contributed by atoms with van der Waals surface area (Å²) in [5, 5.41) is 0. The van der Waals surface area contributed by atoms with Crippen LogP contribution in [-0.2, 0) is 0 Å². The lowest BCUT2D eigenvalue weighted by Gasteiger charge is -2.13. The van der Waals surface area contributed by atoms with Crippen molar-refractivity contribution in [3.05, 3.63) is 0 Å². The number of nitrogens with one attached hydrogen (secondary N) is 1. The van der Waals surface area contributed by atoms with Gasteiger partial charge in [0.15, 0.2) is 0 Å². The molecule has 0 aromatic carbocycles. The minimum atomic E-state index is 0.399. The van der Waals surface area contributed by atoms with E-state index in [1.807, 2.05) is 0 Å². The van der Waals surface area contributed by atoms with Gasteiger partial charge in [-0.25, -0.2) is 0 Å². The number of hydrogen-bond donors (Lipinski definition) is 1. The predicted octanol–water partition coefficient (Wildman–Crippen LogP) is -11.3. The number of rotatable bonds is 5. The molecule has 0 aliphatic heterocycles. The van der Waals surface area contributed by atoms with Crippen molar-refractivity contribution in [2.75, 3.05) is 0 Å². The van der Waals surface area contributed by atoms with Crippen LogP contribution in [0.3, 0.4) is 0 Å². The Morgan fingerprint density at radius 3 is 1.08 bits per heavy atom. The zero-order valence-electron chi connectivity index (χ0n) is 9.48. The van der Waals surface area contributed by atoms with Gasteiger partial charge in [-0.15, -0.1) is 0 Å². The van der Waals surface area contributed by atoms with Crippen molar-refractivity contribution in [1.29, 1.82) is 0 Å². The van der Waals surface area contributed by atoms with Gasteiger partial charge in [0.1, 0.15) is 0 Å². The highest BCUT2D eigenvalue weighted by Gasteiger charge is 1.90. The Hall–Kier alpha value is 2.09. The van der Waals surface area contributed by atoms with Crippen molar-refractivity contribution < 1.29 is 0 Å². The van der Waals surface area contributed by atoms with Crippen LogP contribution in [0.5, 0.6) is 0 Å². The molecule has 0 saturated carbocycles. The highest BCUT2D eigenvalue weighted by molar-refractivity contribution is 7.08. The van der Waals surface area contributed by atoms with E-state index in [2.05, 4.69) is 8.54 Å². The minimum Gasteiger partial charge on any atom is -0.390 e. The summed E-state index contributed by atoms with van der Waals surface area (Å²) in [6.45, 7) is 0. The maximum Gasteiger partial charge on any atom is 0.0643 e. The first kappa shape index (κ1) is 16.5. The fraction of sp³-hybridized carbons (Fsp3) is 0. The SMILES string of the molecule is [SiH3][SiH2]N([SiH2][SiH3])[SiH2][SiH3].[SiH3][SiH2]N[SiH2][SiH3]. The van der Waals surface area contributed by atoms with Gasteiger partial charge in [-0.2, -0.15) is 0 Å². The van der Waals surface area contributed by atoms with Crippen molar-refractivity contribution in [3.8, 4) is 0 Å². The van der Waals surface area contributed by atoms with Crippen molar-refractivity contribution in [2.45, 2.75) is 0 Å². The molecule has 0 bridgehead atoms. The molecule has 0 amide bonds. The third kappa shape index (κ3) is 14.6. The summed E-state index contributed by atoms with van der Waals surface area (Å²) in [4.78, 5) is 0. The molecule has 0 radical (unpaired) electrons. The first-order valence-electron chi connectivity index (χ1n) is 5.19. The van der Waals surface area contributed by atoms with Gasteiger partial charge < -0.3 is 8.54 Å². The zero-order valence-corrected chi connectivity index (χ0v) is 26.6. The van der Waals surface area contributed by atoms with Gasteiger partial charge in [-0.05, 0) is 0 Å². The molecule has 12 heteroatoms. The van der Waals surface area contributed by atoms with E-state index in [-0.39, 0.29) is 0 Å². The molecule has 0 heterocycles. The Morgan fingerprint density at radius 2 is 1.08 bits per heavy atom. The monoisotopic (exact) mass is 334 g/mol. The van der Waals surface area contributed by atoms with Crippen LogP contribution in [0.15, 0.2) is 0 Å². The molecule has 0 spiro atoms. The van der Waals surface area contributed by atoms with E-state index in [0.29, 0.717) is 46.0 Å². The van der Waals surface area contributed by atoms with Crippen LogP contribution in [0, 0.1) is 0 Å². The fourth-order valence-electron chi connectivity index (χ4n) is 0.921. The van der Waals surface area contributed by atoms with Gasteiger partial charge in [-0.1, -0.05) is 0 Å². The molecule has 0 aliphatic rings. The van der Waals surface area contributed by atoms with E-state index in [4.69, 9.17) is 0 Å². The van der Waals surface area contributed by atoms with E-state index in [0.717, 1.165) is 0 Å². The Labute approximate surface area is 103 Å². The lowest BCUT2D eigenvalue weighted by atomic mass is 13.8. The quantitative estimate of drug-likeness (QED) is 0.502. The highest BCUT2D eigenvalue weighted by atomic mass is 29.2. The van der Waals surface area contributed by atoms with Gasteiger partial charge in [0.2, 0.25) is 0 Å². The molecular weight excluding hydrogens is 309 g/mol. The maximum atomic E-state index is 3.51. The predicted molar refractivity (Wildman–Crippen MR) is 97.4 cm³/mol. The molecule has 0 rings (SSSR count). The second-order valence-corrected chi connectivity index (χ2v) is 23.2. The molecule has 0 aliphatic carbocycles. The summed E-state index contributed by atoms with van der Waals surface area (Å²) in [6.07, 6.45) is 0. The van der Waals surface area contributed by atoms with E-state index in [1.54, 1.807) is 29.3 Å². The van der Waals surface area contributed by atoms with Crippen molar-refractivity contribution in [2.24, 2.45) is 0 Å².